The highest BCUT2D eigenvalue weighted by atomic mass is 14.9. The van der Waals surface area contributed by atoms with E-state index < -0.39 is 0 Å². The standard InChI is InChI=1S/C18H30/c1-13(2)16(7-8-16)14(3,4)18(11-12-18)15(5,6)17(13)9-10-17/h7-12H2,1-6H3. The predicted molar refractivity (Wildman–Crippen MR) is 76.3 cm³/mol. The largest absolute Gasteiger partial charge is 0.0588 e. The molecule has 0 bridgehead atoms. The topological polar surface area (TPSA) is 0 Å². The monoisotopic (exact) mass is 246 g/mol. The van der Waals surface area contributed by atoms with Gasteiger partial charge >= 0.3 is 0 Å². The molecule has 4 rings (SSSR count). The van der Waals surface area contributed by atoms with Crippen LogP contribution in [-0.4, -0.2) is 0 Å². The molecule has 4 fully saturated rings. The van der Waals surface area contributed by atoms with Crippen molar-refractivity contribution in [2.45, 2.75) is 80.1 Å². The summed E-state index contributed by atoms with van der Waals surface area (Å²) >= 11 is 0. The van der Waals surface area contributed by atoms with E-state index in [1.54, 1.807) is 0 Å². The third-order valence-electron chi connectivity index (χ3n) is 9.43. The molecule has 4 aliphatic carbocycles. The molecular weight excluding hydrogens is 216 g/mol. The first-order valence-corrected chi connectivity index (χ1v) is 8.12. The molecule has 4 aliphatic rings. The molecule has 0 heterocycles. The SMILES string of the molecule is CC1(C)C2(CC2)C(C)(C)C2(CC2)C(C)(C)C12CC2. The zero-order valence-corrected chi connectivity index (χ0v) is 13.2. The number of hydrogen-bond acceptors (Lipinski definition) is 0. The lowest BCUT2D eigenvalue weighted by Crippen LogP contribution is -2.63. The van der Waals surface area contributed by atoms with Crippen LogP contribution < -0.4 is 0 Å². The Morgan fingerprint density at radius 3 is 0.667 bits per heavy atom. The highest BCUT2D eigenvalue weighted by Gasteiger charge is 2.87. The first kappa shape index (κ1) is 11.8. The molecule has 18 heavy (non-hydrogen) atoms. The molecule has 102 valence electrons. The smallest absolute Gasteiger partial charge is 0.0184 e. The summed E-state index contributed by atoms with van der Waals surface area (Å²) in [5.41, 5.74) is 3.68. The quantitative estimate of drug-likeness (QED) is 0.535. The third-order valence-corrected chi connectivity index (χ3v) is 9.43. The van der Waals surface area contributed by atoms with Crippen LogP contribution in [0.4, 0.5) is 0 Å². The van der Waals surface area contributed by atoms with Crippen LogP contribution in [0.1, 0.15) is 80.1 Å². The van der Waals surface area contributed by atoms with E-state index in [4.69, 9.17) is 0 Å². The summed E-state index contributed by atoms with van der Waals surface area (Å²) in [4.78, 5) is 0. The molecule has 0 aromatic rings. The fourth-order valence-corrected chi connectivity index (χ4v) is 7.84. The Bertz CT molecular complexity index is 326. The number of hydrogen-bond donors (Lipinski definition) is 0. The van der Waals surface area contributed by atoms with Crippen LogP contribution in [-0.2, 0) is 0 Å². The fourth-order valence-electron chi connectivity index (χ4n) is 7.84. The van der Waals surface area contributed by atoms with Crippen molar-refractivity contribution in [1.82, 2.24) is 0 Å². The van der Waals surface area contributed by atoms with Crippen LogP contribution in [0.3, 0.4) is 0 Å². The van der Waals surface area contributed by atoms with Crippen molar-refractivity contribution in [2.75, 3.05) is 0 Å². The van der Waals surface area contributed by atoms with Crippen LogP contribution >= 0.6 is 0 Å². The first-order chi connectivity index (χ1) is 8.12. The Morgan fingerprint density at radius 1 is 0.389 bits per heavy atom. The van der Waals surface area contributed by atoms with Gasteiger partial charge in [0.2, 0.25) is 0 Å². The fraction of sp³-hybridized carbons (Fsp3) is 1.00. The van der Waals surface area contributed by atoms with Gasteiger partial charge in [0.15, 0.2) is 0 Å². The average molecular weight is 246 g/mol. The Kier molecular flexibility index (Phi) is 1.62. The van der Waals surface area contributed by atoms with Gasteiger partial charge < -0.3 is 0 Å². The Morgan fingerprint density at radius 2 is 0.556 bits per heavy atom. The maximum Gasteiger partial charge on any atom is -0.0184 e. The molecule has 3 spiro atoms. The summed E-state index contributed by atoms with van der Waals surface area (Å²) in [7, 11) is 0. The molecule has 0 unspecified atom stereocenters. The molecule has 0 aliphatic heterocycles. The van der Waals surface area contributed by atoms with E-state index in [0.717, 1.165) is 0 Å². The zero-order chi connectivity index (χ0) is 13.2. The van der Waals surface area contributed by atoms with E-state index in [2.05, 4.69) is 41.5 Å². The summed E-state index contributed by atoms with van der Waals surface area (Å²) in [6.07, 6.45) is 9.04. The zero-order valence-electron chi connectivity index (χ0n) is 13.2. The maximum absolute atomic E-state index is 2.63. The van der Waals surface area contributed by atoms with E-state index in [9.17, 15) is 0 Å². The lowest BCUT2D eigenvalue weighted by atomic mass is 9.36. The van der Waals surface area contributed by atoms with Crippen LogP contribution in [0, 0.1) is 32.5 Å². The molecule has 0 N–H and O–H groups in total. The van der Waals surface area contributed by atoms with Gasteiger partial charge in [0.1, 0.15) is 0 Å². The van der Waals surface area contributed by atoms with Crippen LogP contribution in [0.5, 0.6) is 0 Å². The molecule has 0 amide bonds. The van der Waals surface area contributed by atoms with Crippen molar-refractivity contribution in [2.24, 2.45) is 32.5 Å². The van der Waals surface area contributed by atoms with Gasteiger partial charge in [-0.2, -0.15) is 0 Å². The average Bonchev–Trinajstić information content (AvgIpc) is 3.17. The Balaban J connectivity index is 1.97. The minimum atomic E-state index is 0.556. The van der Waals surface area contributed by atoms with E-state index in [1.807, 2.05) is 0 Å². The van der Waals surface area contributed by atoms with Crippen molar-refractivity contribution in [3.63, 3.8) is 0 Å². The molecule has 0 aromatic heterocycles. The van der Waals surface area contributed by atoms with Gasteiger partial charge in [-0.25, -0.2) is 0 Å². The summed E-state index contributed by atoms with van der Waals surface area (Å²) in [5.74, 6) is 0. The van der Waals surface area contributed by atoms with Crippen molar-refractivity contribution >= 4 is 0 Å². The highest BCUT2D eigenvalue weighted by molar-refractivity contribution is 5.35. The summed E-state index contributed by atoms with van der Waals surface area (Å²) in [5, 5.41) is 0. The molecule has 0 nitrogen and oxygen atoms in total. The van der Waals surface area contributed by atoms with Crippen molar-refractivity contribution in [1.29, 1.82) is 0 Å². The summed E-state index contributed by atoms with van der Waals surface area (Å²) < 4.78 is 0. The van der Waals surface area contributed by atoms with Crippen LogP contribution in [0.2, 0.25) is 0 Å². The van der Waals surface area contributed by atoms with Gasteiger partial charge in [0.05, 0.1) is 0 Å². The second-order valence-electron chi connectivity index (χ2n) is 9.62. The molecule has 0 radical (unpaired) electrons. The van der Waals surface area contributed by atoms with Crippen molar-refractivity contribution < 1.29 is 0 Å². The molecule has 0 atom stereocenters. The molecule has 0 heteroatoms. The second kappa shape index (κ2) is 2.47. The van der Waals surface area contributed by atoms with Gasteiger partial charge in [-0.15, -0.1) is 0 Å². The van der Waals surface area contributed by atoms with Gasteiger partial charge in [-0.1, -0.05) is 41.5 Å². The normalized spacial score (nSPS) is 41.0. The maximum atomic E-state index is 2.63. The van der Waals surface area contributed by atoms with E-state index >= 15 is 0 Å². The lowest BCUT2D eigenvalue weighted by Gasteiger charge is -2.68. The molecule has 4 saturated carbocycles. The number of rotatable bonds is 0. The highest BCUT2D eigenvalue weighted by Crippen LogP contribution is 2.94. The summed E-state index contributed by atoms with van der Waals surface area (Å²) in [6.45, 7) is 15.8. The third kappa shape index (κ3) is 0.756. The van der Waals surface area contributed by atoms with Crippen LogP contribution in [0.25, 0.3) is 0 Å². The second-order valence-corrected chi connectivity index (χ2v) is 9.62. The first-order valence-electron chi connectivity index (χ1n) is 8.12. The van der Waals surface area contributed by atoms with E-state index in [-0.39, 0.29) is 0 Å². The molecule has 0 aromatic carbocycles. The summed E-state index contributed by atoms with van der Waals surface area (Å²) in [6, 6.07) is 0. The predicted octanol–water partition coefficient (Wildman–Crippen LogP) is 5.42. The Labute approximate surface area is 113 Å². The van der Waals surface area contributed by atoms with Gasteiger partial charge in [-0.3, -0.25) is 0 Å². The van der Waals surface area contributed by atoms with Gasteiger partial charge in [0.25, 0.3) is 0 Å². The van der Waals surface area contributed by atoms with Gasteiger partial charge in [0, 0.05) is 0 Å². The van der Waals surface area contributed by atoms with E-state index in [0.29, 0.717) is 32.5 Å². The van der Waals surface area contributed by atoms with Crippen LogP contribution in [0.15, 0.2) is 0 Å². The lowest BCUT2D eigenvalue weighted by molar-refractivity contribution is -0.206. The molecule has 0 saturated heterocycles. The van der Waals surface area contributed by atoms with Gasteiger partial charge in [-0.05, 0) is 71.0 Å². The minimum absolute atomic E-state index is 0.556. The van der Waals surface area contributed by atoms with Crippen molar-refractivity contribution in [3.05, 3.63) is 0 Å². The molecular formula is C18H30. The van der Waals surface area contributed by atoms with E-state index in [1.165, 1.54) is 38.5 Å². The Hall–Kier alpha value is 0. The van der Waals surface area contributed by atoms with Crippen molar-refractivity contribution in [3.8, 4) is 0 Å². The minimum Gasteiger partial charge on any atom is -0.0588 e.